The number of nitrogens with two attached hydrogens (primary N) is 1. The molecule has 0 unspecified atom stereocenters. The van der Waals surface area contributed by atoms with Gasteiger partial charge >= 0.3 is 0 Å². The van der Waals surface area contributed by atoms with Crippen molar-refractivity contribution in [2.45, 2.75) is 13.8 Å². The molecular weight excluding hydrogens is 210 g/mol. The molecule has 0 saturated carbocycles. The SMILES string of the molecule is Cc1cc2cc(Cl)cc(C)c2nc1NN. The number of benzene rings is 1. The Morgan fingerprint density at radius 3 is 2.60 bits per heavy atom. The van der Waals surface area contributed by atoms with Crippen LogP contribution in [0.3, 0.4) is 0 Å². The summed E-state index contributed by atoms with van der Waals surface area (Å²) in [7, 11) is 0. The fourth-order valence-electron chi connectivity index (χ4n) is 1.67. The molecule has 0 atom stereocenters. The molecule has 0 spiro atoms. The van der Waals surface area contributed by atoms with Crippen LogP contribution in [0.15, 0.2) is 18.2 Å². The highest BCUT2D eigenvalue weighted by Gasteiger charge is 2.05. The number of fused-ring (bicyclic) bond motifs is 1. The second kappa shape index (κ2) is 3.68. The lowest BCUT2D eigenvalue weighted by Crippen LogP contribution is -2.10. The highest BCUT2D eigenvalue weighted by molar-refractivity contribution is 6.31. The van der Waals surface area contributed by atoms with Gasteiger partial charge in [-0.2, -0.15) is 0 Å². The van der Waals surface area contributed by atoms with Gasteiger partial charge in [-0.15, -0.1) is 0 Å². The molecule has 0 amide bonds. The maximum absolute atomic E-state index is 5.98. The third-order valence-electron chi connectivity index (χ3n) is 2.40. The summed E-state index contributed by atoms with van der Waals surface area (Å²) in [4.78, 5) is 4.44. The summed E-state index contributed by atoms with van der Waals surface area (Å²) < 4.78 is 0. The minimum atomic E-state index is 0.702. The fourth-order valence-corrected chi connectivity index (χ4v) is 1.95. The number of aryl methyl sites for hydroxylation is 2. The van der Waals surface area contributed by atoms with Gasteiger partial charge < -0.3 is 5.43 Å². The molecular formula is C11H12ClN3. The van der Waals surface area contributed by atoms with Crippen molar-refractivity contribution in [1.82, 2.24) is 4.98 Å². The molecule has 15 heavy (non-hydrogen) atoms. The Labute approximate surface area is 93.2 Å². The van der Waals surface area contributed by atoms with Gasteiger partial charge in [0, 0.05) is 10.4 Å². The Balaban J connectivity index is 2.81. The number of nitrogens with zero attached hydrogens (tertiary/aromatic N) is 1. The lowest BCUT2D eigenvalue weighted by atomic mass is 10.1. The average Bonchev–Trinajstić information content (AvgIpc) is 2.16. The lowest BCUT2D eigenvalue weighted by molar-refractivity contribution is 1.22. The largest absolute Gasteiger partial charge is 0.308 e. The van der Waals surface area contributed by atoms with Crippen molar-refractivity contribution in [1.29, 1.82) is 0 Å². The van der Waals surface area contributed by atoms with E-state index in [1.54, 1.807) is 0 Å². The monoisotopic (exact) mass is 221 g/mol. The van der Waals surface area contributed by atoms with E-state index in [0.29, 0.717) is 5.82 Å². The van der Waals surface area contributed by atoms with Crippen LogP contribution in [0.25, 0.3) is 10.9 Å². The molecule has 4 heteroatoms. The molecule has 1 aromatic heterocycles. The molecule has 2 rings (SSSR count). The molecule has 2 aromatic rings. The summed E-state index contributed by atoms with van der Waals surface area (Å²) in [5.41, 5.74) is 5.57. The van der Waals surface area contributed by atoms with Crippen LogP contribution in [0.1, 0.15) is 11.1 Å². The van der Waals surface area contributed by atoms with Crippen molar-refractivity contribution in [3.8, 4) is 0 Å². The summed E-state index contributed by atoms with van der Waals surface area (Å²) in [5, 5.41) is 1.77. The molecule has 0 radical (unpaired) electrons. The number of rotatable bonds is 1. The van der Waals surface area contributed by atoms with Gasteiger partial charge in [0.25, 0.3) is 0 Å². The number of hydrogen-bond donors (Lipinski definition) is 2. The van der Waals surface area contributed by atoms with Gasteiger partial charge in [0.05, 0.1) is 5.52 Å². The molecule has 0 fully saturated rings. The van der Waals surface area contributed by atoms with Crippen molar-refractivity contribution in [3.63, 3.8) is 0 Å². The average molecular weight is 222 g/mol. The lowest BCUT2D eigenvalue weighted by Gasteiger charge is -2.08. The first-order chi connectivity index (χ1) is 7.11. The van der Waals surface area contributed by atoms with Gasteiger partial charge in [0.15, 0.2) is 0 Å². The van der Waals surface area contributed by atoms with Crippen molar-refractivity contribution in [3.05, 3.63) is 34.3 Å². The van der Waals surface area contributed by atoms with Crippen LogP contribution in [0.4, 0.5) is 5.82 Å². The van der Waals surface area contributed by atoms with Crippen molar-refractivity contribution < 1.29 is 0 Å². The third kappa shape index (κ3) is 1.76. The molecule has 1 heterocycles. The van der Waals surface area contributed by atoms with E-state index in [2.05, 4.69) is 10.4 Å². The van der Waals surface area contributed by atoms with E-state index in [1.165, 1.54) is 0 Å². The quantitative estimate of drug-likeness (QED) is 0.575. The van der Waals surface area contributed by atoms with Crippen molar-refractivity contribution in [2.24, 2.45) is 5.84 Å². The van der Waals surface area contributed by atoms with Crippen LogP contribution in [-0.2, 0) is 0 Å². The molecule has 3 nitrogen and oxygen atoms in total. The Morgan fingerprint density at radius 2 is 1.93 bits per heavy atom. The van der Waals surface area contributed by atoms with Gasteiger partial charge in [-0.05, 0) is 43.2 Å². The van der Waals surface area contributed by atoms with E-state index >= 15 is 0 Å². The number of aromatic nitrogens is 1. The van der Waals surface area contributed by atoms with Gasteiger partial charge in [0.1, 0.15) is 5.82 Å². The van der Waals surface area contributed by atoms with Crippen LogP contribution in [0, 0.1) is 13.8 Å². The molecule has 0 aliphatic heterocycles. The predicted molar refractivity (Wildman–Crippen MR) is 64.0 cm³/mol. The highest BCUT2D eigenvalue weighted by Crippen LogP contribution is 2.25. The zero-order valence-corrected chi connectivity index (χ0v) is 9.39. The molecule has 3 N–H and O–H groups in total. The zero-order valence-electron chi connectivity index (χ0n) is 8.63. The smallest absolute Gasteiger partial charge is 0.143 e. The third-order valence-corrected chi connectivity index (χ3v) is 2.62. The molecule has 0 aliphatic rings. The molecule has 1 aromatic carbocycles. The van der Waals surface area contributed by atoms with E-state index in [9.17, 15) is 0 Å². The molecule has 0 aliphatic carbocycles. The number of hydrogen-bond acceptors (Lipinski definition) is 3. The minimum Gasteiger partial charge on any atom is -0.308 e. The Hall–Kier alpha value is -1.32. The van der Waals surface area contributed by atoms with E-state index in [4.69, 9.17) is 17.4 Å². The first kappa shape index (κ1) is 10.2. The number of nitrogens with one attached hydrogen (secondary N) is 1. The summed E-state index contributed by atoms with van der Waals surface area (Å²) in [5.74, 6) is 6.08. The van der Waals surface area contributed by atoms with Gasteiger partial charge in [-0.25, -0.2) is 10.8 Å². The van der Waals surface area contributed by atoms with Crippen LogP contribution >= 0.6 is 11.6 Å². The highest BCUT2D eigenvalue weighted by atomic mass is 35.5. The van der Waals surface area contributed by atoms with Gasteiger partial charge in [-0.3, -0.25) is 0 Å². The summed E-state index contributed by atoms with van der Waals surface area (Å²) in [6.45, 7) is 3.94. The molecule has 78 valence electrons. The maximum atomic E-state index is 5.98. The van der Waals surface area contributed by atoms with E-state index in [1.807, 2.05) is 32.0 Å². The van der Waals surface area contributed by atoms with Crippen LogP contribution in [0.5, 0.6) is 0 Å². The topological polar surface area (TPSA) is 50.9 Å². The second-order valence-electron chi connectivity index (χ2n) is 3.59. The number of hydrazine groups is 1. The fraction of sp³-hybridized carbons (Fsp3) is 0.182. The van der Waals surface area contributed by atoms with Crippen LogP contribution < -0.4 is 11.3 Å². The summed E-state index contributed by atoms with van der Waals surface area (Å²) in [6.07, 6.45) is 0. The second-order valence-corrected chi connectivity index (χ2v) is 4.03. The number of halogens is 1. The zero-order chi connectivity index (χ0) is 11.0. The Morgan fingerprint density at radius 1 is 1.20 bits per heavy atom. The molecule has 0 bridgehead atoms. The Kier molecular flexibility index (Phi) is 2.50. The molecule has 0 saturated heterocycles. The summed E-state index contributed by atoms with van der Waals surface area (Å²) >= 11 is 5.98. The predicted octanol–water partition coefficient (Wildman–Crippen LogP) is 2.79. The number of pyridine rings is 1. The van der Waals surface area contributed by atoms with E-state index in [-0.39, 0.29) is 0 Å². The van der Waals surface area contributed by atoms with E-state index < -0.39 is 0 Å². The maximum Gasteiger partial charge on any atom is 0.143 e. The standard InChI is InChI=1S/C11H12ClN3/c1-6-4-9(12)5-8-3-7(2)11(15-13)14-10(6)8/h3-5H,13H2,1-2H3,(H,14,15). The number of anilines is 1. The van der Waals surface area contributed by atoms with Crippen molar-refractivity contribution >= 4 is 28.3 Å². The van der Waals surface area contributed by atoms with Gasteiger partial charge in [-0.1, -0.05) is 11.6 Å². The van der Waals surface area contributed by atoms with Crippen molar-refractivity contribution in [2.75, 3.05) is 5.43 Å². The minimum absolute atomic E-state index is 0.702. The van der Waals surface area contributed by atoms with Crippen LogP contribution in [0.2, 0.25) is 5.02 Å². The van der Waals surface area contributed by atoms with Crippen LogP contribution in [-0.4, -0.2) is 4.98 Å². The number of nitrogen functional groups attached to an aromatic ring is 1. The van der Waals surface area contributed by atoms with E-state index in [0.717, 1.165) is 27.1 Å². The first-order valence-electron chi connectivity index (χ1n) is 4.66. The Bertz CT molecular complexity index is 523. The summed E-state index contributed by atoms with van der Waals surface area (Å²) in [6, 6.07) is 5.83. The van der Waals surface area contributed by atoms with Gasteiger partial charge in [0.2, 0.25) is 0 Å². The first-order valence-corrected chi connectivity index (χ1v) is 5.03. The normalized spacial score (nSPS) is 10.7.